The van der Waals surface area contributed by atoms with Gasteiger partial charge in [0.05, 0.1) is 0 Å². The van der Waals surface area contributed by atoms with E-state index in [9.17, 15) is 4.79 Å². The average molecular weight is 305 g/mol. The van der Waals surface area contributed by atoms with E-state index in [0.29, 0.717) is 0 Å². The van der Waals surface area contributed by atoms with Crippen LogP contribution in [0.2, 0.25) is 0 Å². The topological polar surface area (TPSA) is 29.1 Å². The highest BCUT2D eigenvalue weighted by atomic mass is 32.1. The van der Waals surface area contributed by atoms with E-state index in [0.717, 1.165) is 21.7 Å². The quantitative estimate of drug-likeness (QED) is 0.670. The summed E-state index contributed by atoms with van der Waals surface area (Å²) in [6.45, 7) is 0. The van der Waals surface area contributed by atoms with Crippen LogP contribution in [-0.2, 0) is 4.79 Å². The van der Waals surface area contributed by atoms with Gasteiger partial charge in [0.1, 0.15) is 0 Å². The molecule has 0 spiro atoms. The third-order valence-electron chi connectivity index (χ3n) is 3.21. The van der Waals surface area contributed by atoms with Crippen LogP contribution < -0.4 is 5.32 Å². The highest BCUT2D eigenvalue weighted by molar-refractivity contribution is 7.10. The van der Waals surface area contributed by atoms with E-state index in [-0.39, 0.29) is 5.91 Å². The van der Waals surface area contributed by atoms with Gasteiger partial charge >= 0.3 is 0 Å². The van der Waals surface area contributed by atoms with Crippen molar-refractivity contribution in [1.29, 1.82) is 0 Å². The molecular weight excluding hydrogens is 290 g/mol. The molecule has 0 unspecified atom stereocenters. The van der Waals surface area contributed by atoms with E-state index >= 15 is 0 Å². The summed E-state index contributed by atoms with van der Waals surface area (Å²) in [7, 11) is 0. The lowest BCUT2D eigenvalue weighted by Gasteiger charge is -2.09. The fourth-order valence-corrected chi connectivity index (χ4v) is 2.80. The van der Waals surface area contributed by atoms with Gasteiger partial charge in [0.15, 0.2) is 0 Å². The summed E-state index contributed by atoms with van der Waals surface area (Å²) >= 11 is 1.60. The molecule has 1 amide bonds. The summed E-state index contributed by atoms with van der Waals surface area (Å²) in [6, 6.07) is 21.8. The van der Waals surface area contributed by atoms with E-state index in [1.54, 1.807) is 17.4 Å². The van der Waals surface area contributed by atoms with Crippen molar-refractivity contribution in [2.24, 2.45) is 0 Å². The Kier molecular flexibility index (Phi) is 4.47. The van der Waals surface area contributed by atoms with Crippen LogP contribution in [-0.4, -0.2) is 5.91 Å². The van der Waals surface area contributed by atoms with Crippen LogP contribution in [0.15, 0.2) is 78.2 Å². The molecule has 3 aromatic rings. The van der Waals surface area contributed by atoms with E-state index in [4.69, 9.17) is 0 Å². The zero-order valence-corrected chi connectivity index (χ0v) is 12.7. The third kappa shape index (κ3) is 3.51. The van der Waals surface area contributed by atoms with Gasteiger partial charge in [-0.05, 0) is 29.2 Å². The maximum Gasteiger partial charge on any atom is 0.248 e. The van der Waals surface area contributed by atoms with Crippen LogP contribution in [0.5, 0.6) is 0 Å². The van der Waals surface area contributed by atoms with Crippen molar-refractivity contribution >= 4 is 29.0 Å². The molecule has 3 heteroatoms. The molecule has 0 fully saturated rings. The second-order valence-corrected chi connectivity index (χ2v) is 5.73. The van der Waals surface area contributed by atoms with Crippen molar-refractivity contribution < 1.29 is 4.79 Å². The molecule has 0 atom stereocenters. The van der Waals surface area contributed by atoms with Gasteiger partial charge in [0, 0.05) is 22.2 Å². The van der Waals surface area contributed by atoms with Crippen LogP contribution >= 0.6 is 11.3 Å². The van der Waals surface area contributed by atoms with Gasteiger partial charge in [-0.15, -0.1) is 11.3 Å². The monoisotopic (exact) mass is 305 g/mol. The Balaban J connectivity index is 1.80. The van der Waals surface area contributed by atoms with Crippen LogP contribution in [0.4, 0.5) is 5.69 Å². The van der Waals surface area contributed by atoms with Crippen LogP contribution in [0.25, 0.3) is 17.2 Å². The summed E-state index contributed by atoms with van der Waals surface area (Å²) in [5, 5.41) is 4.94. The van der Waals surface area contributed by atoms with Crippen molar-refractivity contribution in [3.63, 3.8) is 0 Å². The standard InChI is InChI=1S/C19H15NOS/c21-19(13-12-16-9-6-14-22-16)20-18-11-5-4-10-17(18)15-7-2-1-3-8-15/h1-14H,(H,20,21). The predicted molar refractivity (Wildman–Crippen MR) is 93.9 cm³/mol. The minimum atomic E-state index is -0.128. The summed E-state index contributed by atoms with van der Waals surface area (Å²) in [5.41, 5.74) is 2.91. The van der Waals surface area contributed by atoms with Gasteiger partial charge in [-0.3, -0.25) is 4.79 Å². The van der Waals surface area contributed by atoms with Crippen molar-refractivity contribution in [1.82, 2.24) is 0 Å². The number of nitrogens with one attached hydrogen (secondary N) is 1. The first-order chi connectivity index (χ1) is 10.8. The molecule has 0 bridgehead atoms. The van der Waals surface area contributed by atoms with Gasteiger partial charge in [-0.1, -0.05) is 54.6 Å². The number of carbonyl (C=O) groups excluding carboxylic acids is 1. The molecule has 1 N–H and O–H groups in total. The molecule has 0 saturated carbocycles. The Hall–Kier alpha value is -2.65. The Morgan fingerprint density at radius 2 is 1.68 bits per heavy atom. The summed E-state index contributed by atoms with van der Waals surface area (Å²) in [4.78, 5) is 13.2. The largest absolute Gasteiger partial charge is 0.322 e. The molecular formula is C19H15NOS. The van der Waals surface area contributed by atoms with Crippen LogP contribution in [0, 0.1) is 0 Å². The second-order valence-electron chi connectivity index (χ2n) is 4.75. The van der Waals surface area contributed by atoms with Gasteiger partial charge in [-0.25, -0.2) is 0 Å². The van der Waals surface area contributed by atoms with Crippen molar-refractivity contribution in [3.8, 4) is 11.1 Å². The maximum absolute atomic E-state index is 12.1. The second kappa shape index (κ2) is 6.87. The molecule has 2 nitrogen and oxygen atoms in total. The van der Waals surface area contributed by atoms with Crippen LogP contribution in [0.1, 0.15) is 4.88 Å². The lowest BCUT2D eigenvalue weighted by Crippen LogP contribution is -2.08. The molecule has 0 radical (unpaired) electrons. The molecule has 0 saturated heterocycles. The SMILES string of the molecule is O=C(C=Cc1cccs1)Nc1ccccc1-c1ccccc1. The number of rotatable bonds is 4. The van der Waals surface area contributed by atoms with Crippen LogP contribution in [0.3, 0.4) is 0 Å². The lowest BCUT2D eigenvalue weighted by atomic mass is 10.0. The summed E-state index contributed by atoms with van der Waals surface area (Å²) in [6.07, 6.45) is 3.39. The van der Waals surface area contributed by atoms with Gasteiger partial charge < -0.3 is 5.32 Å². The third-order valence-corrected chi connectivity index (χ3v) is 4.05. The highest BCUT2D eigenvalue weighted by Gasteiger charge is 2.06. The van der Waals surface area contributed by atoms with Crippen molar-refractivity contribution in [2.75, 3.05) is 5.32 Å². The lowest BCUT2D eigenvalue weighted by molar-refractivity contribution is -0.111. The number of para-hydroxylation sites is 1. The summed E-state index contributed by atoms with van der Waals surface area (Å²) in [5.74, 6) is -0.128. The fourth-order valence-electron chi connectivity index (χ4n) is 2.18. The van der Waals surface area contributed by atoms with Gasteiger partial charge in [0.25, 0.3) is 0 Å². The number of amides is 1. The van der Waals surface area contributed by atoms with E-state index < -0.39 is 0 Å². The Morgan fingerprint density at radius 1 is 0.909 bits per heavy atom. The van der Waals surface area contributed by atoms with E-state index in [1.807, 2.05) is 78.2 Å². The Morgan fingerprint density at radius 3 is 2.45 bits per heavy atom. The Bertz CT molecular complexity index is 776. The zero-order chi connectivity index (χ0) is 15.2. The van der Waals surface area contributed by atoms with Crippen molar-refractivity contribution in [2.45, 2.75) is 0 Å². The summed E-state index contributed by atoms with van der Waals surface area (Å²) < 4.78 is 0. The molecule has 1 aromatic heterocycles. The molecule has 1 heterocycles. The van der Waals surface area contributed by atoms with Crippen molar-refractivity contribution in [3.05, 3.63) is 83.1 Å². The highest BCUT2D eigenvalue weighted by Crippen LogP contribution is 2.27. The minimum absolute atomic E-state index is 0.128. The van der Waals surface area contributed by atoms with E-state index in [2.05, 4.69) is 5.32 Å². The number of benzene rings is 2. The molecule has 2 aromatic carbocycles. The molecule has 108 valence electrons. The smallest absolute Gasteiger partial charge is 0.248 e. The zero-order valence-electron chi connectivity index (χ0n) is 11.9. The average Bonchev–Trinajstić information content (AvgIpc) is 3.08. The molecule has 0 aliphatic rings. The fraction of sp³-hybridized carbons (Fsp3) is 0. The normalized spacial score (nSPS) is 10.7. The number of anilines is 1. The first-order valence-corrected chi connectivity index (χ1v) is 7.88. The van der Waals surface area contributed by atoms with Gasteiger partial charge in [-0.2, -0.15) is 0 Å². The first kappa shape index (κ1) is 14.3. The van der Waals surface area contributed by atoms with E-state index in [1.165, 1.54) is 0 Å². The molecule has 0 aliphatic heterocycles. The number of hydrogen-bond acceptors (Lipinski definition) is 2. The Labute approximate surface area is 133 Å². The molecule has 22 heavy (non-hydrogen) atoms. The predicted octanol–water partition coefficient (Wildman–Crippen LogP) is 5.07. The number of hydrogen-bond donors (Lipinski definition) is 1. The first-order valence-electron chi connectivity index (χ1n) is 7.00. The molecule has 3 rings (SSSR count). The maximum atomic E-state index is 12.1. The van der Waals surface area contributed by atoms with Gasteiger partial charge in [0.2, 0.25) is 5.91 Å². The number of carbonyl (C=O) groups is 1. The minimum Gasteiger partial charge on any atom is -0.322 e. The molecule has 0 aliphatic carbocycles. The number of thiophene rings is 1.